The van der Waals surface area contributed by atoms with Crippen LogP contribution in [0.25, 0.3) is 0 Å². The van der Waals surface area contributed by atoms with E-state index >= 15 is 0 Å². The number of nitrogens with one attached hydrogen (secondary N) is 1. The molecule has 0 aliphatic rings. The number of hydrogen-bond acceptors (Lipinski definition) is 2. The maximum atomic E-state index is 13.5. The third kappa shape index (κ3) is 4.04. The Hall–Kier alpha value is -1.88. The lowest BCUT2D eigenvalue weighted by atomic mass is 10.2. The summed E-state index contributed by atoms with van der Waals surface area (Å²) in [5, 5.41) is 1.99. The number of halogens is 2. The van der Waals surface area contributed by atoms with Gasteiger partial charge in [-0.2, -0.15) is 0 Å². The minimum atomic E-state index is -0.655. The number of benzene rings is 2. The first-order chi connectivity index (χ1) is 9.97. The first-order valence-electron chi connectivity index (χ1n) is 6.45. The van der Waals surface area contributed by atoms with Crippen molar-refractivity contribution in [2.75, 3.05) is 5.32 Å². The number of aryl methyl sites for hydroxylation is 1. The number of carbonyl (C=O) groups excluding carboxylic acids is 1. The standard InChI is InChI=1S/C16H15F2NOS/c1-10-5-3-4-6-15(10)21-11(2)16(20)19-14-9-12(17)7-8-13(14)18/h3-9,11H,1-2H3,(H,19,20). The predicted molar refractivity (Wildman–Crippen MR) is 81.5 cm³/mol. The van der Waals surface area contributed by atoms with Gasteiger partial charge < -0.3 is 5.32 Å². The zero-order valence-electron chi connectivity index (χ0n) is 11.7. The Kier molecular flexibility index (Phi) is 4.96. The van der Waals surface area contributed by atoms with Crippen LogP contribution >= 0.6 is 11.8 Å². The van der Waals surface area contributed by atoms with E-state index in [0.717, 1.165) is 28.7 Å². The molecule has 2 rings (SSSR count). The van der Waals surface area contributed by atoms with Crippen molar-refractivity contribution in [2.24, 2.45) is 0 Å². The Bertz CT molecular complexity index is 660. The fourth-order valence-corrected chi connectivity index (χ4v) is 2.72. The van der Waals surface area contributed by atoms with E-state index < -0.39 is 16.9 Å². The molecule has 5 heteroatoms. The molecule has 0 fully saturated rings. The third-order valence-corrected chi connectivity index (χ3v) is 4.23. The maximum Gasteiger partial charge on any atom is 0.237 e. The van der Waals surface area contributed by atoms with Gasteiger partial charge in [-0.15, -0.1) is 11.8 Å². The summed E-state index contributed by atoms with van der Waals surface area (Å²) < 4.78 is 26.6. The van der Waals surface area contributed by atoms with Crippen molar-refractivity contribution in [3.8, 4) is 0 Å². The molecule has 0 aromatic heterocycles. The lowest BCUT2D eigenvalue weighted by Crippen LogP contribution is -2.23. The number of carbonyl (C=O) groups is 1. The fourth-order valence-electron chi connectivity index (χ4n) is 1.76. The smallest absolute Gasteiger partial charge is 0.237 e. The van der Waals surface area contributed by atoms with Crippen LogP contribution in [0.2, 0.25) is 0 Å². The molecular formula is C16H15F2NOS. The first-order valence-corrected chi connectivity index (χ1v) is 7.33. The van der Waals surface area contributed by atoms with Gasteiger partial charge in [-0.25, -0.2) is 8.78 Å². The lowest BCUT2D eigenvalue weighted by molar-refractivity contribution is -0.115. The van der Waals surface area contributed by atoms with Crippen molar-refractivity contribution in [2.45, 2.75) is 24.0 Å². The normalized spacial score (nSPS) is 12.0. The van der Waals surface area contributed by atoms with E-state index in [1.54, 1.807) is 6.92 Å². The summed E-state index contributed by atoms with van der Waals surface area (Å²) in [6.07, 6.45) is 0. The molecule has 2 aromatic carbocycles. The van der Waals surface area contributed by atoms with E-state index in [2.05, 4.69) is 5.32 Å². The molecule has 1 amide bonds. The van der Waals surface area contributed by atoms with Gasteiger partial charge in [-0.3, -0.25) is 4.79 Å². The quantitative estimate of drug-likeness (QED) is 0.849. The monoisotopic (exact) mass is 307 g/mol. The highest BCUT2D eigenvalue weighted by Crippen LogP contribution is 2.27. The predicted octanol–water partition coefficient (Wildman–Crippen LogP) is 4.39. The zero-order chi connectivity index (χ0) is 15.4. The summed E-state index contributed by atoms with van der Waals surface area (Å²) in [5.41, 5.74) is 0.927. The lowest BCUT2D eigenvalue weighted by Gasteiger charge is -2.13. The Labute approximate surface area is 126 Å². The van der Waals surface area contributed by atoms with Gasteiger partial charge in [0.2, 0.25) is 5.91 Å². The summed E-state index contributed by atoms with van der Waals surface area (Å²) in [4.78, 5) is 13.1. The molecule has 110 valence electrons. The number of amides is 1. The summed E-state index contributed by atoms with van der Waals surface area (Å²) >= 11 is 1.38. The number of hydrogen-bond donors (Lipinski definition) is 1. The van der Waals surface area contributed by atoms with Gasteiger partial charge in [-0.1, -0.05) is 18.2 Å². The molecule has 1 N–H and O–H groups in total. The van der Waals surface area contributed by atoms with Crippen LogP contribution in [0.5, 0.6) is 0 Å². The molecule has 0 bridgehead atoms. The van der Waals surface area contributed by atoms with Crippen molar-refractivity contribution in [3.63, 3.8) is 0 Å². The Morgan fingerprint density at radius 3 is 2.62 bits per heavy atom. The van der Waals surface area contributed by atoms with Crippen molar-refractivity contribution < 1.29 is 13.6 Å². The number of thioether (sulfide) groups is 1. The van der Waals surface area contributed by atoms with Gasteiger partial charge >= 0.3 is 0 Å². The number of rotatable bonds is 4. The second-order valence-electron chi connectivity index (χ2n) is 4.64. The maximum absolute atomic E-state index is 13.5. The fraction of sp³-hybridized carbons (Fsp3) is 0.188. The largest absolute Gasteiger partial charge is 0.323 e. The van der Waals surface area contributed by atoms with Crippen LogP contribution in [0.3, 0.4) is 0 Å². The van der Waals surface area contributed by atoms with Crippen LogP contribution in [0, 0.1) is 18.6 Å². The van der Waals surface area contributed by atoms with Crippen LogP contribution in [0.1, 0.15) is 12.5 Å². The van der Waals surface area contributed by atoms with Crippen molar-refractivity contribution in [1.29, 1.82) is 0 Å². The van der Waals surface area contributed by atoms with Crippen LogP contribution < -0.4 is 5.32 Å². The van der Waals surface area contributed by atoms with Crippen molar-refractivity contribution in [3.05, 3.63) is 59.7 Å². The minimum absolute atomic E-state index is 0.141. The van der Waals surface area contributed by atoms with Gasteiger partial charge in [0.05, 0.1) is 10.9 Å². The number of anilines is 1. The molecule has 21 heavy (non-hydrogen) atoms. The molecule has 0 spiro atoms. The Morgan fingerprint density at radius 1 is 1.19 bits per heavy atom. The van der Waals surface area contributed by atoms with E-state index in [1.807, 2.05) is 31.2 Å². The highest BCUT2D eigenvalue weighted by atomic mass is 32.2. The molecule has 2 aromatic rings. The van der Waals surface area contributed by atoms with E-state index in [4.69, 9.17) is 0 Å². The van der Waals surface area contributed by atoms with Crippen LogP contribution in [0.4, 0.5) is 14.5 Å². The molecule has 2 nitrogen and oxygen atoms in total. The molecule has 0 saturated heterocycles. The topological polar surface area (TPSA) is 29.1 Å². The Morgan fingerprint density at radius 2 is 1.90 bits per heavy atom. The molecule has 0 aliphatic heterocycles. The highest BCUT2D eigenvalue weighted by molar-refractivity contribution is 8.00. The SMILES string of the molecule is Cc1ccccc1SC(C)C(=O)Nc1cc(F)ccc1F. The summed E-state index contributed by atoms with van der Waals surface area (Å²) in [5.74, 6) is -1.61. The average molecular weight is 307 g/mol. The highest BCUT2D eigenvalue weighted by Gasteiger charge is 2.17. The molecule has 0 aliphatic carbocycles. The summed E-state index contributed by atoms with van der Waals surface area (Å²) in [6.45, 7) is 3.68. The molecular weight excluding hydrogens is 292 g/mol. The molecule has 1 atom stereocenters. The molecule has 0 saturated carbocycles. The van der Waals surface area contributed by atoms with Gasteiger partial charge in [0.15, 0.2) is 0 Å². The van der Waals surface area contributed by atoms with Crippen molar-refractivity contribution in [1.82, 2.24) is 0 Å². The van der Waals surface area contributed by atoms with E-state index in [1.165, 1.54) is 11.8 Å². The average Bonchev–Trinajstić information content (AvgIpc) is 2.45. The van der Waals surface area contributed by atoms with E-state index in [-0.39, 0.29) is 11.6 Å². The molecule has 0 heterocycles. The minimum Gasteiger partial charge on any atom is -0.323 e. The van der Waals surface area contributed by atoms with Crippen LogP contribution in [-0.4, -0.2) is 11.2 Å². The van der Waals surface area contributed by atoms with Crippen LogP contribution in [-0.2, 0) is 4.79 Å². The zero-order valence-corrected chi connectivity index (χ0v) is 12.5. The van der Waals surface area contributed by atoms with Crippen molar-refractivity contribution >= 4 is 23.4 Å². The van der Waals surface area contributed by atoms with Crippen LogP contribution in [0.15, 0.2) is 47.4 Å². The van der Waals surface area contributed by atoms with Gasteiger partial charge in [0.1, 0.15) is 11.6 Å². The third-order valence-electron chi connectivity index (χ3n) is 2.95. The second-order valence-corrected chi connectivity index (χ2v) is 6.02. The van der Waals surface area contributed by atoms with E-state index in [0.29, 0.717) is 0 Å². The van der Waals surface area contributed by atoms with Gasteiger partial charge in [0, 0.05) is 11.0 Å². The second kappa shape index (κ2) is 6.72. The molecule has 0 radical (unpaired) electrons. The summed E-state index contributed by atoms with van der Waals surface area (Å²) in [7, 11) is 0. The van der Waals surface area contributed by atoms with E-state index in [9.17, 15) is 13.6 Å². The Balaban J connectivity index is 2.06. The van der Waals surface area contributed by atoms with Gasteiger partial charge in [0.25, 0.3) is 0 Å². The van der Waals surface area contributed by atoms with Gasteiger partial charge in [-0.05, 0) is 37.6 Å². The summed E-state index contributed by atoms with van der Waals surface area (Å²) in [6, 6.07) is 10.7. The first kappa shape index (κ1) is 15.5. The molecule has 1 unspecified atom stereocenters.